The van der Waals surface area contributed by atoms with Crippen molar-refractivity contribution in [3.05, 3.63) is 0 Å². The van der Waals surface area contributed by atoms with E-state index in [0.29, 0.717) is 5.92 Å². The molecule has 0 aromatic carbocycles. The van der Waals surface area contributed by atoms with Gasteiger partial charge in [-0.05, 0) is 0 Å². The molecular weight excluding hydrogens is 138 g/mol. The molecule has 11 heavy (non-hydrogen) atoms. The molecule has 3 aliphatic heterocycles. The monoisotopic (exact) mass is 154 g/mol. The van der Waals surface area contributed by atoms with Crippen molar-refractivity contribution in [3.8, 4) is 0 Å². The van der Waals surface area contributed by atoms with E-state index in [9.17, 15) is 5.11 Å². The Labute approximate surface area is 67.4 Å². The fourth-order valence-electron chi connectivity index (χ4n) is 3.79. The zero-order valence-corrected chi connectivity index (χ0v) is 7.03. The number of fused-ring (bicyclic) bond motifs is 2. The van der Waals surface area contributed by atoms with Gasteiger partial charge in [-0.25, -0.2) is 0 Å². The molecule has 0 aromatic rings. The Morgan fingerprint density at radius 3 is 2.91 bits per heavy atom. The molecule has 5 unspecified atom stereocenters. The van der Waals surface area contributed by atoms with Gasteiger partial charge in [-0.15, -0.1) is 0 Å². The van der Waals surface area contributed by atoms with Crippen LogP contribution in [-0.4, -0.2) is 41.4 Å². The first-order valence-electron chi connectivity index (χ1n) is 4.75. The predicted molar refractivity (Wildman–Crippen MR) is 42.0 cm³/mol. The molecule has 3 rings (SSSR count). The lowest BCUT2D eigenvalue weighted by Crippen LogP contribution is -2.75. The van der Waals surface area contributed by atoms with Crippen LogP contribution in [0.4, 0.5) is 0 Å². The Morgan fingerprint density at radius 2 is 2.18 bits per heavy atom. The summed E-state index contributed by atoms with van der Waals surface area (Å²) in [5.74, 6) is 0.666. The lowest BCUT2D eigenvalue weighted by molar-refractivity contribution is -1.00. The summed E-state index contributed by atoms with van der Waals surface area (Å²) in [4.78, 5) is 0. The molecule has 2 bridgehead atoms. The zero-order chi connectivity index (χ0) is 7.64. The number of aliphatic hydroxyl groups excluding tert-OH is 1. The van der Waals surface area contributed by atoms with Gasteiger partial charge in [0.2, 0.25) is 0 Å². The third kappa shape index (κ3) is 0.541. The zero-order valence-electron chi connectivity index (χ0n) is 7.03. The highest BCUT2D eigenvalue weighted by Gasteiger charge is 2.65. The van der Waals surface area contributed by atoms with Gasteiger partial charge < -0.3 is 9.59 Å². The molecule has 5 atom stereocenters. The lowest BCUT2D eigenvalue weighted by Gasteiger charge is -2.59. The smallest absolute Gasteiger partial charge is 0.100 e. The van der Waals surface area contributed by atoms with Crippen molar-refractivity contribution in [3.63, 3.8) is 0 Å². The van der Waals surface area contributed by atoms with Crippen LogP contribution in [0.15, 0.2) is 0 Å². The molecule has 2 heteroatoms. The molecule has 3 heterocycles. The molecule has 2 nitrogen and oxygen atoms in total. The maximum Gasteiger partial charge on any atom is 0.100 e. The molecule has 3 aliphatic rings. The van der Waals surface area contributed by atoms with Crippen LogP contribution in [0.1, 0.15) is 19.3 Å². The predicted octanol–water partition coefficient (Wildman–Crippen LogP) is 0.358. The van der Waals surface area contributed by atoms with Crippen molar-refractivity contribution in [2.45, 2.75) is 37.5 Å². The molecule has 0 radical (unpaired) electrons. The van der Waals surface area contributed by atoms with Crippen molar-refractivity contribution in [2.75, 3.05) is 13.6 Å². The van der Waals surface area contributed by atoms with Crippen LogP contribution in [0, 0.1) is 5.92 Å². The van der Waals surface area contributed by atoms with Gasteiger partial charge in [-0.3, -0.25) is 0 Å². The Morgan fingerprint density at radius 1 is 1.36 bits per heavy atom. The summed E-state index contributed by atoms with van der Waals surface area (Å²) < 4.78 is 1.31. The maximum atomic E-state index is 9.70. The Bertz CT molecular complexity index is 198. The second-order valence-electron chi connectivity index (χ2n) is 4.79. The Balaban J connectivity index is 1.99. The second kappa shape index (κ2) is 1.64. The van der Waals surface area contributed by atoms with Gasteiger partial charge in [0.05, 0.1) is 31.7 Å². The molecule has 3 fully saturated rings. The minimum Gasteiger partial charge on any atom is -0.392 e. The first-order valence-corrected chi connectivity index (χ1v) is 4.75. The summed E-state index contributed by atoms with van der Waals surface area (Å²) in [5, 5.41) is 9.70. The fourth-order valence-corrected chi connectivity index (χ4v) is 3.79. The molecular formula is C9H16NO+. The van der Waals surface area contributed by atoms with E-state index in [4.69, 9.17) is 0 Å². The molecule has 0 aliphatic carbocycles. The van der Waals surface area contributed by atoms with Gasteiger partial charge in [-0.1, -0.05) is 0 Å². The second-order valence-corrected chi connectivity index (χ2v) is 4.79. The van der Waals surface area contributed by atoms with Crippen molar-refractivity contribution < 1.29 is 9.59 Å². The minimum absolute atomic E-state index is 0.0486. The summed E-state index contributed by atoms with van der Waals surface area (Å²) in [7, 11) is 2.38. The number of piperidine rings is 2. The third-order valence-electron chi connectivity index (χ3n) is 4.49. The molecule has 0 saturated carbocycles. The van der Waals surface area contributed by atoms with Crippen LogP contribution in [0.3, 0.4) is 0 Å². The lowest BCUT2D eigenvalue weighted by atomic mass is 9.76. The Kier molecular flexibility index (Phi) is 0.961. The Hall–Kier alpha value is -0.0800. The highest BCUT2D eigenvalue weighted by atomic mass is 16.3. The van der Waals surface area contributed by atoms with Crippen LogP contribution in [0.2, 0.25) is 0 Å². The largest absolute Gasteiger partial charge is 0.392 e. The van der Waals surface area contributed by atoms with Crippen molar-refractivity contribution in [1.82, 2.24) is 0 Å². The summed E-state index contributed by atoms with van der Waals surface area (Å²) in [6.45, 7) is 1.26. The van der Waals surface area contributed by atoms with Gasteiger partial charge >= 0.3 is 0 Å². The van der Waals surface area contributed by atoms with Crippen LogP contribution < -0.4 is 0 Å². The number of quaternary nitrogens is 1. The van der Waals surface area contributed by atoms with Gasteiger partial charge in [0.15, 0.2) is 0 Å². The van der Waals surface area contributed by atoms with Gasteiger partial charge in [0.25, 0.3) is 0 Å². The van der Waals surface area contributed by atoms with Crippen molar-refractivity contribution >= 4 is 0 Å². The van der Waals surface area contributed by atoms with E-state index >= 15 is 0 Å². The van der Waals surface area contributed by atoms with Gasteiger partial charge in [-0.2, -0.15) is 0 Å². The quantitative estimate of drug-likeness (QED) is 0.499. The average molecular weight is 154 g/mol. The summed E-state index contributed by atoms with van der Waals surface area (Å²) in [6, 6.07) is 1.64. The number of rotatable bonds is 0. The molecule has 1 N–H and O–H groups in total. The van der Waals surface area contributed by atoms with E-state index in [0.717, 1.165) is 18.5 Å². The molecule has 0 spiro atoms. The number of aliphatic hydroxyl groups is 1. The summed E-state index contributed by atoms with van der Waals surface area (Å²) in [5.41, 5.74) is 0. The van der Waals surface area contributed by atoms with E-state index in [-0.39, 0.29) is 6.10 Å². The normalized spacial score (nSPS) is 66.0. The van der Waals surface area contributed by atoms with Crippen molar-refractivity contribution in [1.29, 1.82) is 0 Å². The van der Waals surface area contributed by atoms with Crippen molar-refractivity contribution in [2.24, 2.45) is 5.92 Å². The standard InChI is InChI=1S/C9H16NO/c1-10-5-7-8(10)3-2-6(10)4-9(7)11/h6-9,11H,2-5H2,1H3/q+1. The number of nitrogens with zero attached hydrogens (tertiary/aromatic N) is 1. The molecule has 3 saturated heterocycles. The van der Waals surface area contributed by atoms with E-state index in [1.54, 1.807) is 0 Å². The van der Waals surface area contributed by atoms with Gasteiger partial charge in [0, 0.05) is 19.3 Å². The fraction of sp³-hybridized carbons (Fsp3) is 1.00. The molecule has 62 valence electrons. The van der Waals surface area contributed by atoms with Crippen LogP contribution in [0.25, 0.3) is 0 Å². The summed E-state index contributed by atoms with van der Waals surface area (Å²) in [6.07, 6.45) is 3.88. The molecule has 0 aromatic heterocycles. The van der Waals surface area contributed by atoms with Crippen LogP contribution in [-0.2, 0) is 0 Å². The number of hydrogen-bond donors (Lipinski definition) is 1. The third-order valence-corrected chi connectivity index (χ3v) is 4.49. The van der Waals surface area contributed by atoms with E-state index in [2.05, 4.69) is 7.05 Å². The first-order chi connectivity index (χ1) is 5.22. The summed E-state index contributed by atoms with van der Waals surface area (Å²) >= 11 is 0. The van der Waals surface area contributed by atoms with Crippen LogP contribution >= 0.6 is 0 Å². The molecule has 0 amide bonds. The highest BCUT2D eigenvalue weighted by Crippen LogP contribution is 2.52. The highest BCUT2D eigenvalue weighted by molar-refractivity contribution is 4.98. The van der Waals surface area contributed by atoms with Gasteiger partial charge in [0.1, 0.15) is 6.04 Å². The maximum absolute atomic E-state index is 9.70. The SMILES string of the molecule is C[N+]12CC3C(O)CC1CCC32. The van der Waals surface area contributed by atoms with E-state index in [1.807, 2.05) is 0 Å². The topological polar surface area (TPSA) is 20.2 Å². The average Bonchev–Trinajstić information content (AvgIpc) is 2.14. The van der Waals surface area contributed by atoms with E-state index < -0.39 is 0 Å². The number of hydrogen-bond acceptors (Lipinski definition) is 1. The van der Waals surface area contributed by atoms with E-state index in [1.165, 1.54) is 23.9 Å². The minimum atomic E-state index is 0.0486. The van der Waals surface area contributed by atoms with Crippen LogP contribution in [0.5, 0.6) is 0 Å². The first kappa shape index (κ1) is 6.44.